The third kappa shape index (κ3) is 7.36. The third-order valence-electron chi connectivity index (χ3n) is 3.59. The smallest absolute Gasteiger partial charge is 0.317 e. The van der Waals surface area contributed by atoms with E-state index in [1.165, 1.54) is 0 Å². The maximum atomic E-state index is 12.0. The van der Waals surface area contributed by atoms with Gasteiger partial charge in [0, 0.05) is 25.6 Å². The summed E-state index contributed by atoms with van der Waals surface area (Å²) in [5.41, 5.74) is 0. The Bertz CT molecular complexity index is 303. The van der Waals surface area contributed by atoms with Crippen molar-refractivity contribution in [2.24, 2.45) is 0 Å². The number of carbonyl (C=O) groups is 2. The van der Waals surface area contributed by atoms with Crippen LogP contribution in [0.25, 0.3) is 0 Å². The lowest BCUT2D eigenvalue weighted by Gasteiger charge is -2.22. The number of nitrogens with one attached hydrogen (secondary N) is 1. The Morgan fingerprint density at radius 2 is 1.85 bits per heavy atom. The van der Waals surface area contributed by atoms with Crippen LogP contribution in [0.15, 0.2) is 0 Å². The molecule has 1 saturated carbocycles. The fourth-order valence-corrected chi connectivity index (χ4v) is 2.22. The molecule has 1 fully saturated rings. The molecule has 0 saturated heterocycles. The van der Waals surface area contributed by atoms with Crippen molar-refractivity contribution in [2.75, 3.05) is 13.1 Å². The number of carboxylic acids is 1. The van der Waals surface area contributed by atoms with E-state index in [-0.39, 0.29) is 12.5 Å². The van der Waals surface area contributed by atoms with Crippen LogP contribution in [0.2, 0.25) is 0 Å². The number of aliphatic carboxylic acids is 1. The van der Waals surface area contributed by atoms with E-state index >= 15 is 0 Å². The van der Waals surface area contributed by atoms with Gasteiger partial charge in [-0.1, -0.05) is 26.2 Å². The first-order valence-electron chi connectivity index (χ1n) is 7.91. The van der Waals surface area contributed by atoms with E-state index in [0.717, 1.165) is 57.9 Å². The van der Waals surface area contributed by atoms with E-state index in [2.05, 4.69) is 12.2 Å². The van der Waals surface area contributed by atoms with Crippen molar-refractivity contribution in [3.05, 3.63) is 0 Å². The normalized spacial score (nSPS) is 14.1. The van der Waals surface area contributed by atoms with Gasteiger partial charge < -0.3 is 15.3 Å². The predicted molar refractivity (Wildman–Crippen MR) is 78.8 cm³/mol. The molecule has 0 bridgehead atoms. The minimum Gasteiger partial charge on any atom is -0.481 e. The molecule has 1 aliphatic carbocycles. The van der Waals surface area contributed by atoms with Gasteiger partial charge in [0.05, 0.1) is 0 Å². The number of amides is 2. The Morgan fingerprint density at radius 3 is 2.45 bits per heavy atom. The SMILES string of the molecule is CCCCN(C(=O)NCCCCCCC(=O)O)C1CC1. The standard InChI is InChI=1S/C15H28N2O3/c1-2-3-12-17(13-9-10-13)15(20)16-11-7-5-4-6-8-14(18)19/h13H,2-12H2,1H3,(H,16,20)(H,18,19). The van der Waals surface area contributed by atoms with Gasteiger partial charge in [-0.3, -0.25) is 4.79 Å². The van der Waals surface area contributed by atoms with Crippen LogP contribution in [0.1, 0.15) is 64.7 Å². The average molecular weight is 284 g/mol. The van der Waals surface area contributed by atoms with Gasteiger partial charge in [0.2, 0.25) is 0 Å². The van der Waals surface area contributed by atoms with E-state index in [0.29, 0.717) is 12.6 Å². The average Bonchev–Trinajstić information content (AvgIpc) is 3.22. The molecule has 0 radical (unpaired) electrons. The highest BCUT2D eigenvalue weighted by Gasteiger charge is 2.31. The molecule has 1 aliphatic rings. The topological polar surface area (TPSA) is 69.6 Å². The minimum absolute atomic E-state index is 0.0754. The van der Waals surface area contributed by atoms with Crippen LogP contribution in [-0.4, -0.2) is 41.1 Å². The van der Waals surface area contributed by atoms with E-state index in [4.69, 9.17) is 5.11 Å². The zero-order chi connectivity index (χ0) is 14.8. The van der Waals surface area contributed by atoms with Gasteiger partial charge in [-0.05, 0) is 32.1 Å². The molecule has 5 heteroatoms. The molecule has 0 heterocycles. The van der Waals surface area contributed by atoms with Gasteiger partial charge in [0.1, 0.15) is 0 Å². The fraction of sp³-hybridized carbons (Fsp3) is 0.867. The largest absolute Gasteiger partial charge is 0.481 e. The molecule has 0 unspecified atom stereocenters. The van der Waals surface area contributed by atoms with Crippen LogP contribution in [0, 0.1) is 0 Å². The maximum Gasteiger partial charge on any atom is 0.317 e. The lowest BCUT2D eigenvalue weighted by molar-refractivity contribution is -0.137. The lowest BCUT2D eigenvalue weighted by atomic mass is 10.1. The molecule has 0 aliphatic heterocycles. The number of carbonyl (C=O) groups excluding carboxylic acids is 1. The molecule has 2 N–H and O–H groups in total. The minimum atomic E-state index is -0.727. The highest BCUT2D eigenvalue weighted by atomic mass is 16.4. The molecule has 1 rings (SSSR count). The van der Waals surface area contributed by atoms with Crippen molar-refractivity contribution in [2.45, 2.75) is 70.8 Å². The monoisotopic (exact) mass is 284 g/mol. The van der Waals surface area contributed by atoms with Crippen LogP contribution in [-0.2, 0) is 4.79 Å². The summed E-state index contributed by atoms with van der Waals surface area (Å²) in [6, 6.07) is 0.545. The number of hydrogen-bond donors (Lipinski definition) is 2. The number of rotatable bonds is 11. The fourth-order valence-electron chi connectivity index (χ4n) is 2.22. The molecule has 5 nitrogen and oxygen atoms in total. The van der Waals surface area contributed by atoms with Crippen molar-refractivity contribution in [1.82, 2.24) is 10.2 Å². The van der Waals surface area contributed by atoms with E-state index in [9.17, 15) is 9.59 Å². The summed E-state index contributed by atoms with van der Waals surface area (Å²) >= 11 is 0. The maximum absolute atomic E-state index is 12.0. The van der Waals surface area contributed by atoms with E-state index in [1.807, 2.05) is 4.90 Å². The first-order chi connectivity index (χ1) is 9.65. The molecule has 0 aromatic heterocycles. The van der Waals surface area contributed by atoms with Crippen LogP contribution in [0.5, 0.6) is 0 Å². The van der Waals surface area contributed by atoms with Crippen molar-refractivity contribution in [3.63, 3.8) is 0 Å². The van der Waals surface area contributed by atoms with Gasteiger partial charge in [-0.15, -0.1) is 0 Å². The Morgan fingerprint density at radius 1 is 1.15 bits per heavy atom. The Balaban J connectivity index is 2.04. The highest BCUT2D eigenvalue weighted by molar-refractivity contribution is 5.74. The van der Waals surface area contributed by atoms with Crippen LogP contribution >= 0.6 is 0 Å². The molecule has 0 spiro atoms. The highest BCUT2D eigenvalue weighted by Crippen LogP contribution is 2.27. The van der Waals surface area contributed by atoms with Gasteiger partial charge in [0.15, 0.2) is 0 Å². The molecule has 20 heavy (non-hydrogen) atoms. The summed E-state index contributed by atoms with van der Waals surface area (Å²) in [6.07, 6.45) is 8.28. The van der Waals surface area contributed by atoms with Crippen molar-refractivity contribution >= 4 is 12.0 Å². The van der Waals surface area contributed by atoms with E-state index < -0.39 is 5.97 Å². The molecule has 0 aromatic carbocycles. The van der Waals surface area contributed by atoms with Gasteiger partial charge in [-0.25, -0.2) is 4.79 Å². The Hall–Kier alpha value is -1.26. The zero-order valence-corrected chi connectivity index (χ0v) is 12.6. The summed E-state index contributed by atoms with van der Waals surface area (Å²) in [5, 5.41) is 11.5. The van der Waals surface area contributed by atoms with Crippen molar-refractivity contribution in [1.29, 1.82) is 0 Å². The quantitative estimate of drug-likeness (QED) is 0.573. The summed E-state index contributed by atoms with van der Waals surface area (Å²) in [6.45, 7) is 3.70. The van der Waals surface area contributed by atoms with Crippen molar-refractivity contribution in [3.8, 4) is 0 Å². The van der Waals surface area contributed by atoms with E-state index in [1.54, 1.807) is 0 Å². The van der Waals surface area contributed by atoms with Crippen LogP contribution in [0.3, 0.4) is 0 Å². The summed E-state index contributed by atoms with van der Waals surface area (Å²) in [4.78, 5) is 24.4. The summed E-state index contributed by atoms with van der Waals surface area (Å²) < 4.78 is 0. The number of nitrogens with zero attached hydrogens (tertiary/aromatic N) is 1. The first kappa shape index (κ1) is 16.8. The second-order valence-electron chi connectivity index (χ2n) is 5.57. The summed E-state index contributed by atoms with van der Waals surface area (Å²) in [7, 11) is 0. The molecular formula is C15H28N2O3. The molecule has 116 valence electrons. The summed E-state index contributed by atoms with van der Waals surface area (Å²) in [5.74, 6) is -0.727. The second kappa shape index (κ2) is 9.61. The predicted octanol–water partition coefficient (Wildman–Crippen LogP) is 3.00. The molecule has 0 atom stereocenters. The van der Waals surface area contributed by atoms with Crippen LogP contribution < -0.4 is 5.32 Å². The lowest BCUT2D eigenvalue weighted by Crippen LogP contribution is -2.42. The van der Waals surface area contributed by atoms with Crippen LogP contribution in [0.4, 0.5) is 4.79 Å². The second-order valence-corrected chi connectivity index (χ2v) is 5.57. The third-order valence-corrected chi connectivity index (χ3v) is 3.59. The molecule has 2 amide bonds. The van der Waals surface area contributed by atoms with Gasteiger partial charge >= 0.3 is 12.0 Å². The van der Waals surface area contributed by atoms with Gasteiger partial charge in [-0.2, -0.15) is 0 Å². The number of unbranched alkanes of at least 4 members (excludes halogenated alkanes) is 4. The zero-order valence-electron chi connectivity index (χ0n) is 12.6. The Kier molecular flexibility index (Phi) is 8.07. The number of carboxylic acid groups (broad SMARTS) is 1. The van der Waals surface area contributed by atoms with Crippen molar-refractivity contribution < 1.29 is 14.7 Å². The van der Waals surface area contributed by atoms with Gasteiger partial charge in [0.25, 0.3) is 0 Å². The number of urea groups is 1. The molecular weight excluding hydrogens is 256 g/mol. The number of hydrogen-bond acceptors (Lipinski definition) is 2. The molecule has 0 aromatic rings. The Labute approximate surface area is 121 Å². The first-order valence-corrected chi connectivity index (χ1v) is 7.91.